The Morgan fingerprint density at radius 1 is 1.14 bits per heavy atom. The maximum absolute atomic E-state index is 5.73. The summed E-state index contributed by atoms with van der Waals surface area (Å²) in [5.41, 5.74) is 9.74. The molecule has 0 spiro atoms. The van der Waals surface area contributed by atoms with Crippen molar-refractivity contribution in [3.05, 3.63) is 30.7 Å². The molecule has 4 heterocycles. The van der Waals surface area contributed by atoms with E-state index in [9.17, 15) is 0 Å². The lowest BCUT2D eigenvalue weighted by Crippen LogP contribution is -2.22. The average Bonchev–Trinajstić information content (AvgIpc) is 2.97. The Morgan fingerprint density at radius 2 is 1.95 bits per heavy atom. The highest BCUT2D eigenvalue weighted by atomic mass is 15.2. The van der Waals surface area contributed by atoms with Crippen LogP contribution in [0.4, 0.5) is 11.6 Å². The SMILES string of the molecule is Nc1nccc(-c2c[nH]c3nccc(N4CC5CC5C4)c23)n1. The van der Waals surface area contributed by atoms with Crippen LogP contribution in [0.3, 0.4) is 0 Å². The molecule has 0 amide bonds. The molecule has 6 nitrogen and oxygen atoms in total. The van der Waals surface area contributed by atoms with Crippen molar-refractivity contribution in [1.82, 2.24) is 19.9 Å². The summed E-state index contributed by atoms with van der Waals surface area (Å²) >= 11 is 0. The van der Waals surface area contributed by atoms with Crippen molar-refractivity contribution in [3.63, 3.8) is 0 Å². The molecule has 2 unspecified atom stereocenters. The minimum absolute atomic E-state index is 0.291. The quantitative estimate of drug-likeness (QED) is 0.755. The molecule has 1 saturated carbocycles. The minimum Gasteiger partial charge on any atom is -0.370 e. The molecular formula is C16H16N6. The van der Waals surface area contributed by atoms with Gasteiger partial charge in [-0.15, -0.1) is 0 Å². The number of nitrogen functional groups attached to an aromatic ring is 1. The number of nitrogens with zero attached hydrogens (tertiary/aromatic N) is 4. The molecule has 5 rings (SSSR count). The lowest BCUT2D eigenvalue weighted by Gasteiger charge is -2.21. The predicted octanol–water partition coefficient (Wildman–Crippen LogP) is 2.06. The number of fused-ring (bicyclic) bond motifs is 2. The summed E-state index contributed by atoms with van der Waals surface area (Å²) in [6.07, 6.45) is 6.92. The van der Waals surface area contributed by atoms with Crippen LogP contribution < -0.4 is 10.6 Å². The van der Waals surface area contributed by atoms with Crippen molar-refractivity contribution in [2.75, 3.05) is 23.7 Å². The first kappa shape index (κ1) is 12.0. The Kier molecular flexibility index (Phi) is 2.28. The molecule has 0 radical (unpaired) electrons. The van der Waals surface area contributed by atoms with E-state index in [1.54, 1.807) is 6.20 Å². The van der Waals surface area contributed by atoms with Crippen LogP contribution in [0.5, 0.6) is 0 Å². The smallest absolute Gasteiger partial charge is 0.220 e. The number of aromatic nitrogens is 4. The molecule has 110 valence electrons. The van der Waals surface area contributed by atoms with Crippen LogP contribution in [0, 0.1) is 11.8 Å². The second-order valence-corrected chi connectivity index (χ2v) is 6.22. The number of pyridine rings is 1. The third-order valence-electron chi connectivity index (χ3n) is 4.82. The first-order chi connectivity index (χ1) is 10.8. The van der Waals surface area contributed by atoms with Crippen LogP contribution in [-0.2, 0) is 0 Å². The van der Waals surface area contributed by atoms with Crippen LogP contribution >= 0.6 is 0 Å². The summed E-state index contributed by atoms with van der Waals surface area (Å²) < 4.78 is 0. The number of hydrogen-bond acceptors (Lipinski definition) is 5. The Hall–Kier alpha value is -2.63. The van der Waals surface area contributed by atoms with E-state index in [-0.39, 0.29) is 0 Å². The number of nitrogens with one attached hydrogen (secondary N) is 1. The van der Waals surface area contributed by atoms with Crippen molar-refractivity contribution in [2.45, 2.75) is 6.42 Å². The number of nitrogens with two attached hydrogens (primary N) is 1. The van der Waals surface area contributed by atoms with Gasteiger partial charge >= 0.3 is 0 Å². The zero-order valence-corrected chi connectivity index (χ0v) is 12.0. The molecule has 2 fully saturated rings. The lowest BCUT2D eigenvalue weighted by atomic mass is 10.1. The van der Waals surface area contributed by atoms with Gasteiger partial charge in [-0.3, -0.25) is 0 Å². The van der Waals surface area contributed by atoms with Crippen LogP contribution in [0.15, 0.2) is 30.7 Å². The molecule has 22 heavy (non-hydrogen) atoms. The van der Waals surface area contributed by atoms with Crippen molar-refractivity contribution >= 4 is 22.7 Å². The van der Waals surface area contributed by atoms with Gasteiger partial charge < -0.3 is 15.6 Å². The Labute approximate surface area is 127 Å². The number of piperidine rings is 1. The Morgan fingerprint density at radius 3 is 2.77 bits per heavy atom. The van der Waals surface area contributed by atoms with Crippen LogP contribution in [-0.4, -0.2) is 33.0 Å². The highest BCUT2D eigenvalue weighted by Gasteiger charge is 2.45. The van der Waals surface area contributed by atoms with E-state index < -0.39 is 0 Å². The number of H-pyrrole nitrogens is 1. The third-order valence-corrected chi connectivity index (χ3v) is 4.82. The van der Waals surface area contributed by atoms with E-state index in [1.807, 2.05) is 18.5 Å². The predicted molar refractivity (Wildman–Crippen MR) is 85.3 cm³/mol. The van der Waals surface area contributed by atoms with E-state index >= 15 is 0 Å². The second-order valence-electron chi connectivity index (χ2n) is 6.22. The second kappa shape index (κ2) is 4.19. The Balaban J connectivity index is 1.69. The Bertz CT molecular complexity index is 860. The summed E-state index contributed by atoms with van der Waals surface area (Å²) in [7, 11) is 0. The third kappa shape index (κ3) is 1.70. The van der Waals surface area contributed by atoms with Gasteiger partial charge in [-0.05, 0) is 30.4 Å². The molecule has 6 heteroatoms. The van der Waals surface area contributed by atoms with Gasteiger partial charge in [0.05, 0.1) is 11.1 Å². The van der Waals surface area contributed by atoms with Gasteiger partial charge in [0, 0.05) is 42.9 Å². The average molecular weight is 292 g/mol. The molecule has 1 aliphatic heterocycles. The largest absolute Gasteiger partial charge is 0.370 e. The first-order valence-corrected chi connectivity index (χ1v) is 7.59. The van der Waals surface area contributed by atoms with Crippen molar-refractivity contribution in [1.29, 1.82) is 0 Å². The topological polar surface area (TPSA) is 83.7 Å². The van der Waals surface area contributed by atoms with Gasteiger partial charge in [0.25, 0.3) is 0 Å². The summed E-state index contributed by atoms with van der Waals surface area (Å²) in [5, 5.41) is 1.13. The van der Waals surface area contributed by atoms with Gasteiger partial charge in [-0.2, -0.15) is 0 Å². The molecule has 0 aromatic carbocycles. The van der Waals surface area contributed by atoms with Gasteiger partial charge in [-0.25, -0.2) is 15.0 Å². The molecule has 2 aliphatic rings. The van der Waals surface area contributed by atoms with E-state index in [0.29, 0.717) is 5.95 Å². The fourth-order valence-electron chi connectivity index (χ4n) is 3.62. The molecule has 0 bridgehead atoms. The standard InChI is InChI=1S/C16H16N6/c17-16-19-3-1-12(21-16)11-6-20-15-14(11)13(2-4-18-15)22-7-9-5-10(9)8-22/h1-4,6,9-10H,5,7-8H2,(H,18,20)(H2,17,19,21). The molecule has 3 aromatic heterocycles. The van der Waals surface area contributed by atoms with Gasteiger partial charge in [0.1, 0.15) is 5.65 Å². The van der Waals surface area contributed by atoms with Crippen molar-refractivity contribution in [2.24, 2.45) is 11.8 Å². The molecule has 1 saturated heterocycles. The fraction of sp³-hybridized carbons (Fsp3) is 0.312. The summed E-state index contributed by atoms with van der Waals surface area (Å²) in [4.78, 5) is 18.5. The normalized spacial score (nSPS) is 23.0. The maximum Gasteiger partial charge on any atom is 0.220 e. The lowest BCUT2D eigenvalue weighted by molar-refractivity contribution is 0.822. The van der Waals surface area contributed by atoms with E-state index in [4.69, 9.17) is 5.73 Å². The maximum atomic E-state index is 5.73. The minimum atomic E-state index is 0.291. The molecule has 1 aliphatic carbocycles. The van der Waals surface area contributed by atoms with Crippen molar-refractivity contribution in [3.8, 4) is 11.3 Å². The zero-order chi connectivity index (χ0) is 14.7. The molecular weight excluding hydrogens is 276 g/mol. The zero-order valence-electron chi connectivity index (χ0n) is 12.0. The molecule has 3 N–H and O–H groups in total. The number of anilines is 2. The summed E-state index contributed by atoms with van der Waals surface area (Å²) in [6.45, 7) is 2.31. The number of aromatic amines is 1. The van der Waals surface area contributed by atoms with Gasteiger partial charge in [-0.1, -0.05) is 0 Å². The van der Waals surface area contributed by atoms with Crippen molar-refractivity contribution < 1.29 is 0 Å². The van der Waals surface area contributed by atoms with E-state index in [1.165, 1.54) is 12.1 Å². The highest BCUT2D eigenvalue weighted by molar-refractivity contribution is 6.02. The van der Waals surface area contributed by atoms with Crippen LogP contribution in [0.1, 0.15) is 6.42 Å². The molecule has 2 atom stereocenters. The van der Waals surface area contributed by atoms with Gasteiger partial charge in [0.2, 0.25) is 5.95 Å². The van der Waals surface area contributed by atoms with Crippen LogP contribution in [0.2, 0.25) is 0 Å². The van der Waals surface area contributed by atoms with E-state index in [2.05, 4.69) is 30.9 Å². The first-order valence-electron chi connectivity index (χ1n) is 7.59. The number of hydrogen-bond donors (Lipinski definition) is 2. The monoisotopic (exact) mass is 292 g/mol. The van der Waals surface area contributed by atoms with E-state index in [0.717, 1.165) is 47.2 Å². The van der Waals surface area contributed by atoms with Crippen LogP contribution in [0.25, 0.3) is 22.3 Å². The van der Waals surface area contributed by atoms with Gasteiger partial charge in [0.15, 0.2) is 0 Å². The number of rotatable bonds is 2. The molecule has 3 aromatic rings. The summed E-state index contributed by atoms with van der Waals surface area (Å²) in [6, 6.07) is 3.99. The highest BCUT2D eigenvalue weighted by Crippen LogP contribution is 2.47. The summed E-state index contributed by atoms with van der Waals surface area (Å²) in [5.74, 6) is 2.07. The fourth-order valence-corrected chi connectivity index (χ4v) is 3.62.